The van der Waals surface area contributed by atoms with E-state index in [1.165, 1.54) is 12.1 Å². The summed E-state index contributed by atoms with van der Waals surface area (Å²) in [5, 5.41) is 11.9. The van der Waals surface area contributed by atoms with Gasteiger partial charge in [0.25, 0.3) is 0 Å². The van der Waals surface area contributed by atoms with E-state index in [2.05, 4.69) is 21.2 Å². The molecule has 0 aliphatic carbocycles. The van der Waals surface area contributed by atoms with Gasteiger partial charge in [-0.15, -0.1) is 0 Å². The first-order chi connectivity index (χ1) is 8.72. The normalized spacial score (nSPS) is 19.3. The van der Waals surface area contributed by atoms with E-state index in [9.17, 15) is 4.39 Å². The number of halogens is 2. The van der Waals surface area contributed by atoms with Crippen molar-refractivity contribution in [2.24, 2.45) is 0 Å². The monoisotopic (exact) mass is 314 g/mol. The summed E-state index contributed by atoms with van der Waals surface area (Å²) in [5.41, 5.74) is 0.246. The zero-order valence-electron chi connectivity index (χ0n) is 9.58. The van der Waals surface area contributed by atoms with Gasteiger partial charge in [-0.3, -0.25) is 0 Å². The Balaban J connectivity index is 2.01. The van der Waals surface area contributed by atoms with Crippen molar-refractivity contribution in [3.63, 3.8) is 0 Å². The van der Waals surface area contributed by atoms with E-state index in [1.807, 2.05) is 6.07 Å². The highest BCUT2D eigenvalue weighted by molar-refractivity contribution is 9.10. The highest BCUT2D eigenvalue weighted by Crippen LogP contribution is 2.28. The summed E-state index contributed by atoms with van der Waals surface area (Å²) < 4.78 is 24.8. The predicted octanol–water partition coefficient (Wildman–Crippen LogP) is 1.83. The Labute approximate surface area is 113 Å². The molecule has 0 radical (unpaired) electrons. The second kappa shape index (κ2) is 6.14. The minimum atomic E-state index is -0.558. The fourth-order valence-electron chi connectivity index (χ4n) is 1.64. The third kappa shape index (κ3) is 2.99. The van der Waals surface area contributed by atoms with Gasteiger partial charge in [-0.05, 0) is 28.1 Å². The zero-order valence-corrected chi connectivity index (χ0v) is 11.2. The smallest absolute Gasteiger partial charge is 0.180 e. The van der Waals surface area contributed by atoms with Crippen LogP contribution in [0.4, 0.5) is 4.39 Å². The van der Waals surface area contributed by atoms with Gasteiger partial charge in [0.05, 0.1) is 16.6 Å². The lowest BCUT2D eigenvalue weighted by Gasteiger charge is -2.23. The summed E-state index contributed by atoms with van der Waals surface area (Å²) in [4.78, 5) is 0. The lowest BCUT2D eigenvalue weighted by Crippen LogP contribution is -2.41. The molecule has 1 aliphatic heterocycles. The van der Waals surface area contributed by atoms with Crippen LogP contribution < -0.4 is 10.1 Å². The van der Waals surface area contributed by atoms with E-state index in [0.29, 0.717) is 13.2 Å². The summed E-state index contributed by atoms with van der Waals surface area (Å²) in [6.45, 7) is 2.43. The maximum Gasteiger partial charge on any atom is 0.180 e. The predicted molar refractivity (Wildman–Crippen MR) is 66.9 cm³/mol. The zero-order chi connectivity index (χ0) is 13.0. The molecule has 0 spiro atoms. The van der Waals surface area contributed by atoms with Crippen LogP contribution in [0, 0.1) is 17.1 Å². The fraction of sp³-hybridized carbons (Fsp3) is 0.417. The number of hydrogen-bond donors (Lipinski definition) is 1. The molecule has 4 nitrogen and oxygen atoms in total. The first-order valence-electron chi connectivity index (χ1n) is 5.55. The molecule has 1 heterocycles. The van der Waals surface area contributed by atoms with E-state index in [1.54, 1.807) is 0 Å². The standard InChI is InChI=1S/C12H12BrFN2O2/c13-11-8(5-15)1-2-10(12(11)14)18-7-9-6-16-3-4-17-9/h1-2,9,16H,3-4,6-7H2. The maximum atomic E-state index is 13.8. The van der Waals surface area contributed by atoms with Crippen LogP contribution in [0.25, 0.3) is 0 Å². The molecular weight excluding hydrogens is 303 g/mol. The summed E-state index contributed by atoms with van der Waals surface area (Å²) >= 11 is 3.04. The van der Waals surface area contributed by atoms with E-state index in [-0.39, 0.29) is 28.5 Å². The van der Waals surface area contributed by atoms with Crippen molar-refractivity contribution < 1.29 is 13.9 Å². The van der Waals surface area contributed by atoms with E-state index < -0.39 is 5.82 Å². The minimum Gasteiger partial charge on any atom is -0.488 e. The van der Waals surface area contributed by atoms with Gasteiger partial charge in [-0.1, -0.05) is 0 Å². The summed E-state index contributed by atoms with van der Waals surface area (Å²) in [6.07, 6.45) is -0.0763. The van der Waals surface area contributed by atoms with Crippen LogP contribution in [0.1, 0.15) is 5.56 Å². The first-order valence-corrected chi connectivity index (χ1v) is 6.35. The van der Waals surface area contributed by atoms with E-state index in [4.69, 9.17) is 14.7 Å². The summed E-state index contributed by atoms with van der Waals surface area (Å²) in [7, 11) is 0. The van der Waals surface area contributed by atoms with Crippen LogP contribution in [0.3, 0.4) is 0 Å². The van der Waals surface area contributed by atoms with Gasteiger partial charge in [0.1, 0.15) is 18.8 Å². The van der Waals surface area contributed by atoms with Gasteiger partial charge in [-0.2, -0.15) is 5.26 Å². The number of hydrogen-bond acceptors (Lipinski definition) is 4. The maximum absolute atomic E-state index is 13.8. The summed E-state index contributed by atoms with van der Waals surface area (Å²) in [6, 6.07) is 4.86. The topological polar surface area (TPSA) is 54.3 Å². The van der Waals surface area contributed by atoms with Crippen molar-refractivity contribution >= 4 is 15.9 Å². The average molecular weight is 315 g/mol. The molecule has 1 atom stereocenters. The molecule has 0 aromatic heterocycles. The molecule has 1 saturated heterocycles. The van der Waals surface area contributed by atoms with E-state index in [0.717, 1.165) is 6.54 Å². The SMILES string of the molecule is N#Cc1ccc(OCC2CNCCO2)c(F)c1Br. The number of benzene rings is 1. The Morgan fingerprint density at radius 1 is 1.61 bits per heavy atom. The second-order valence-corrected chi connectivity index (χ2v) is 4.65. The third-order valence-corrected chi connectivity index (χ3v) is 3.37. The Morgan fingerprint density at radius 2 is 2.44 bits per heavy atom. The molecule has 1 aromatic carbocycles. The highest BCUT2D eigenvalue weighted by Gasteiger charge is 2.17. The molecule has 6 heteroatoms. The number of ether oxygens (including phenoxy) is 2. The van der Waals surface area contributed by atoms with Crippen molar-refractivity contribution in [2.45, 2.75) is 6.10 Å². The Bertz CT molecular complexity index is 470. The van der Waals surface area contributed by atoms with Crippen LogP contribution in [0.15, 0.2) is 16.6 Å². The van der Waals surface area contributed by atoms with Crippen LogP contribution in [0.2, 0.25) is 0 Å². The average Bonchev–Trinajstić information content (AvgIpc) is 2.42. The largest absolute Gasteiger partial charge is 0.488 e. The van der Waals surface area contributed by atoms with Crippen LogP contribution in [-0.2, 0) is 4.74 Å². The number of nitrogens with one attached hydrogen (secondary N) is 1. The Kier molecular flexibility index (Phi) is 4.53. The molecule has 0 amide bonds. The second-order valence-electron chi connectivity index (χ2n) is 3.86. The molecule has 96 valence electrons. The Morgan fingerprint density at radius 3 is 3.11 bits per heavy atom. The van der Waals surface area contributed by atoms with Crippen molar-refractivity contribution in [3.8, 4) is 11.8 Å². The molecule has 18 heavy (non-hydrogen) atoms. The van der Waals surface area contributed by atoms with Crippen LogP contribution in [-0.4, -0.2) is 32.4 Å². The number of rotatable bonds is 3. The number of nitrogens with zero attached hydrogens (tertiary/aromatic N) is 1. The van der Waals surface area contributed by atoms with Gasteiger partial charge < -0.3 is 14.8 Å². The third-order valence-electron chi connectivity index (χ3n) is 2.60. The lowest BCUT2D eigenvalue weighted by molar-refractivity contribution is -0.000565. The molecule has 1 fully saturated rings. The molecule has 0 bridgehead atoms. The first kappa shape index (κ1) is 13.3. The van der Waals surface area contributed by atoms with Crippen molar-refractivity contribution in [2.75, 3.05) is 26.3 Å². The molecule has 1 aromatic rings. The summed E-state index contributed by atoms with van der Waals surface area (Å²) in [5.74, 6) is -0.437. The van der Waals surface area contributed by atoms with Crippen LogP contribution in [0.5, 0.6) is 5.75 Å². The van der Waals surface area contributed by atoms with Gasteiger partial charge in [-0.25, -0.2) is 4.39 Å². The van der Waals surface area contributed by atoms with Gasteiger partial charge >= 0.3 is 0 Å². The molecule has 2 rings (SSSR count). The minimum absolute atomic E-state index is 0.0763. The molecule has 1 unspecified atom stereocenters. The molecule has 0 saturated carbocycles. The molecule has 1 aliphatic rings. The van der Waals surface area contributed by atoms with Crippen LogP contribution >= 0.6 is 15.9 Å². The quantitative estimate of drug-likeness (QED) is 0.924. The van der Waals surface area contributed by atoms with Crippen molar-refractivity contribution in [1.82, 2.24) is 5.32 Å². The Hall–Kier alpha value is -1.16. The number of morpholine rings is 1. The fourth-order valence-corrected chi connectivity index (χ4v) is 2.06. The van der Waals surface area contributed by atoms with Crippen molar-refractivity contribution in [3.05, 3.63) is 28.0 Å². The molecular formula is C12H12BrFN2O2. The van der Waals surface area contributed by atoms with Gasteiger partial charge in [0, 0.05) is 13.1 Å². The van der Waals surface area contributed by atoms with Gasteiger partial charge in [0.15, 0.2) is 11.6 Å². The highest BCUT2D eigenvalue weighted by atomic mass is 79.9. The number of nitriles is 1. The van der Waals surface area contributed by atoms with Crippen molar-refractivity contribution in [1.29, 1.82) is 5.26 Å². The molecule has 1 N–H and O–H groups in total. The lowest BCUT2D eigenvalue weighted by atomic mass is 10.2. The van der Waals surface area contributed by atoms with E-state index >= 15 is 0 Å². The van der Waals surface area contributed by atoms with Gasteiger partial charge in [0.2, 0.25) is 0 Å².